The average Bonchev–Trinajstić information content (AvgIpc) is 2.71. The van der Waals surface area contributed by atoms with Crippen molar-refractivity contribution in [3.8, 4) is 11.8 Å². The van der Waals surface area contributed by atoms with Gasteiger partial charge >= 0.3 is 6.36 Å². The zero-order valence-corrected chi connectivity index (χ0v) is 18.4. The van der Waals surface area contributed by atoms with Crippen molar-refractivity contribution in [3.05, 3.63) is 29.3 Å². The summed E-state index contributed by atoms with van der Waals surface area (Å²) in [7, 11) is 0. The number of amides is 2. The van der Waals surface area contributed by atoms with Crippen molar-refractivity contribution in [1.29, 1.82) is 5.26 Å². The number of alkyl halides is 3. The van der Waals surface area contributed by atoms with E-state index in [-0.39, 0.29) is 47.4 Å². The zero-order chi connectivity index (χ0) is 24.1. The van der Waals surface area contributed by atoms with E-state index in [1.807, 2.05) is 13.8 Å². The third-order valence-electron chi connectivity index (χ3n) is 6.00. The molecule has 1 saturated carbocycles. The van der Waals surface area contributed by atoms with Crippen LogP contribution in [0.1, 0.15) is 57.6 Å². The SMILES string of the molecule is CC(C)[C@](C)(N)C(=O)N[C@H]1CC[C@@H](C(=O)NCc2ccc(C#N)cc2OC(F)(F)F)CC1. The molecule has 4 N–H and O–H groups in total. The van der Waals surface area contributed by atoms with Gasteiger partial charge in [0.05, 0.1) is 17.2 Å². The Hall–Kier alpha value is -2.80. The largest absolute Gasteiger partial charge is 0.573 e. The van der Waals surface area contributed by atoms with E-state index in [0.717, 1.165) is 6.07 Å². The molecule has 0 radical (unpaired) electrons. The smallest absolute Gasteiger partial charge is 0.405 e. The van der Waals surface area contributed by atoms with E-state index >= 15 is 0 Å². The van der Waals surface area contributed by atoms with Crippen LogP contribution in [0.5, 0.6) is 5.75 Å². The normalized spacial score (nSPS) is 20.7. The molecule has 2 rings (SSSR count). The van der Waals surface area contributed by atoms with Crippen LogP contribution in [0.2, 0.25) is 0 Å². The maximum Gasteiger partial charge on any atom is 0.573 e. The monoisotopic (exact) mass is 454 g/mol. The molecule has 0 aliphatic heterocycles. The molecule has 7 nitrogen and oxygen atoms in total. The van der Waals surface area contributed by atoms with E-state index in [9.17, 15) is 22.8 Å². The molecule has 1 aromatic rings. The van der Waals surface area contributed by atoms with Gasteiger partial charge in [-0.15, -0.1) is 13.2 Å². The summed E-state index contributed by atoms with van der Waals surface area (Å²) in [6, 6.07) is 5.36. The number of nitrogens with zero attached hydrogens (tertiary/aromatic N) is 1. The van der Waals surface area contributed by atoms with Crippen LogP contribution in [0.15, 0.2) is 18.2 Å². The predicted octanol–water partition coefficient (Wildman–Crippen LogP) is 3.12. The Kier molecular flexibility index (Phi) is 8.13. The molecule has 32 heavy (non-hydrogen) atoms. The van der Waals surface area contributed by atoms with E-state index in [0.29, 0.717) is 25.7 Å². The first-order chi connectivity index (χ1) is 14.8. The molecule has 2 amide bonds. The van der Waals surface area contributed by atoms with Crippen LogP contribution in [0.4, 0.5) is 13.2 Å². The Morgan fingerprint density at radius 1 is 1.25 bits per heavy atom. The first-order valence-corrected chi connectivity index (χ1v) is 10.5. The van der Waals surface area contributed by atoms with Crippen molar-refractivity contribution >= 4 is 11.8 Å². The van der Waals surface area contributed by atoms with Gasteiger partial charge in [-0.1, -0.05) is 19.9 Å². The fourth-order valence-electron chi connectivity index (χ4n) is 3.42. The number of carbonyl (C=O) groups is 2. The molecule has 10 heteroatoms. The van der Waals surface area contributed by atoms with E-state index in [2.05, 4.69) is 15.4 Å². The van der Waals surface area contributed by atoms with Crippen LogP contribution < -0.4 is 21.1 Å². The molecule has 0 spiro atoms. The number of carbonyl (C=O) groups excluding carboxylic acids is 2. The van der Waals surface area contributed by atoms with E-state index in [4.69, 9.17) is 11.0 Å². The van der Waals surface area contributed by atoms with Crippen molar-refractivity contribution in [2.45, 2.75) is 70.9 Å². The minimum Gasteiger partial charge on any atom is -0.405 e. The van der Waals surface area contributed by atoms with Crippen LogP contribution in [-0.4, -0.2) is 29.8 Å². The van der Waals surface area contributed by atoms with Crippen molar-refractivity contribution < 1.29 is 27.5 Å². The Morgan fingerprint density at radius 3 is 2.41 bits per heavy atom. The number of hydrogen-bond donors (Lipinski definition) is 3. The van der Waals surface area contributed by atoms with Gasteiger partial charge in [0.15, 0.2) is 0 Å². The molecule has 0 aromatic heterocycles. The van der Waals surface area contributed by atoms with Gasteiger partial charge in [0.1, 0.15) is 5.75 Å². The highest BCUT2D eigenvalue weighted by atomic mass is 19.4. The summed E-state index contributed by atoms with van der Waals surface area (Å²) in [6.07, 6.45) is -2.61. The standard InChI is InChI=1S/C22H29F3N4O3/c1-13(2)21(3,27)20(31)29-17-8-6-15(7-9-17)19(30)28-12-16-5-4-14(11-26)10-18(16)32-22(23,24)25/h4-5,10,13,15,17H,6-9,12,27H2,1-3H3,(H,28,30)(H,29,31)/t15-,17+,21-/m0/s1. The number of benzene rings is 1. The molecule has 0 bridgehead atoms. The molecule has 1 aliphatic rings. The predicted molar refractivity (Wildman–Crippen MR) is 111 cm³/mol. The highest BCUT2D eigenvalue weighted by Crippen LogP contribution is 2.29. The molecule has 0 unspecified atom stereocenters. The van der Waals surface area contributed by atoms with Gasteiger partial charge in [0.2, 0.25) is 11.8 Å². The summed E-state index contributed by atoms with van der Waals surface area (Å²) in [6.45, 7) is 5.28. The number of ether oxygens (including phenoxy) is 1. The Morgan fingerprint density at radius 2 is 1.88 bits per heavy atom. The second-order valence-electron chi connectivity index (χ2n) is 8.66. The minimum atomic E-state index is -4.91. The first kappa shape index (κ1) is 25.5. The molecule has 1 aliphatic carbocycles. The van der Waals surface area contributed by atoms with Gasteiger partial charge < -0.3 is 21.1 Å². The zero-order valence-electron chi connectivity index (χ0n) is 18.4. The fraction of sp³-hybridized carbons (Fsp3) is 0.591. The molecule has 0 heterocycles. The van der Waals surface area contributed by atoms with Crippen molar-refractivity contribution in [3.63, 3.8) is 0 Å². The van der Waals surface area contributed by atoms with Gasteiger partial charge in [-0.25, -0.2) is 0 Å². The topological polar surface area (TPSA) is 117 Å². The molecule has 1 atom stereocenters. The summed E-state index contributed by atoms with van der Waals surface area (Å²) in [4.78, 5) is 24.9. The van der Waals surface area contributed by atoms with Crippen LogP contribution in [-0.2, 0) is 16.1 Å². The summed E-state index contributed by atoms with van der Waals surface area (Å²) >= 11 is 0. The highest BCUT2D eigenvalue weighted by Gasteiger charge is 2.35. The quantitative estimate of drug-likeness (QED) is 0.585. The van der Waals surface area contributed by atoms with Crippen LogP contribution in [0.25, 0.3) is 0 Å². The third kappa shape index (κ3) is 6.85. The van der Waals surface area contributed by atoms with E-state index < -0.39 is 17.7 Å². The maximum absolute atomic E-state index is 12.7. The van der Waals surface area contributed by atoms with E-state index in [1.54, 1.807) is 13.0 Å². The number of nitriles is 1. The van der Waals surface area contributed by atoms with Crippen molar-refractivity contribution in [2.24, 2.45) is 17.6 Å². The molecular weight excluding hydrogens is 425 g/mol. The van der Waals surface area contributed by atoms with Gasteiger partial charge in [0, 0.05) is 24.1 Å². The van der Waals surface area contributed by atoms with Gasteiger partial charge in [-0.3, -0.25) is 9.59 Å². The number of nitrogens with two attached hydrogens (primary N) is 1. The molecule has 1 fully saturated rings. The molecule has 0 saturated heterocycles. The molecular formula is C22H29F3N4O3. The maximum atomic E-state index is 12.7. The Balaban J connectivity index is 1.90. The lowest BCUT2D eigenvalue weighted by Gasteiger charge is -2.33. The summed E-state index contributed by atoms with van der Waals surface area (Å²) in [5, 5.41) is 14.5. The first-order valence-electron chi connectivity index (χ1n) is 10.5. The highest BCUT2D eigenvalue weighted by molar-refractivity contribution is 5.86. The minimum absolute atomic E-state index is 0.0192. The second kappa shape index (κ2) is 10.2. The summed E-state index contributed by atoms with van der Waals surface area (Å²) in [5.74, 6) is -1.35. The van der Waals surface area contributed by atoms with Crippen molar-refractivity contribution in [2.75, 3.05) is 0 Å². The number of hydrogen-bond acceptors (Lipinski definition) is 5. The lowest BCUT2D eigenvalue weighted by atomic mass is 9.84. The Labute approximate surface area is 185 Å². The van der Waals surface area contributed by atoms with Gasteiger partial charge in [-0.05, 0) is 50.7 Å². The summed E-state index contributed by atoms with van der Waals surface area (Å²) < 4.78 is 42.0. The third-order valence-corrected chi connectivity index (χ3v) is 6.00. The Bertz CT molecular complexity index is 870. The number of nitrogens with one attached hydrogen (secondary N) is 2. The summed E-state index contributed by atoms with van der Waals surface area (Å²) in [5.41, 5.74) is 5.24. The number of rotatable bonds is 7. The van der Waals surface area contributed by atoms with Gasteiger partial charge in [0.25, 0.3) is 0 Å². The second-order valence-corrected chi connectivity index (χ2v) is 8.66. The van der Waals surface area contributed by atoms with Gasteiger partial charge in [-0.2, -0.15) is 5.26 Å². The fourth-order valence-corrected chi connectivity index (χ4v) is 3.42. The van der Waals surface area contributed by atoms with Crippen LogP contribution in [0.3, 0.4) is 0 Å². The van der Waals surface area contributed by atoms with Crippen LogP contribution >= 0.6 is 0 Å². The molecule has 176 valence electrons. The number of halogens is 3. The lowest BCUT2D eigenvalue weighted by molar-refractivity contribution is -0.274. The molecule has 1 aromatic carbocycles. The van der Waals surface area contributed by atoms with Crippen LogP contribution in [0, 0.1) is 23.2 Å². The lowest BCUT2D eigenvalue weighted by Crippen LogP contribution is -2.57. The van der Waals surface area contributed by atoms with Crippen molar-refractivity contribution in [1.82, 2.24) is 10.6 Å². The van der Waals surface area contributed by atoms with E-state index in [1.165, 1.54) is 12.1 Å². The average molecular weight is 454 g/mol.